The normalized spacial score (nSPS) is 20.6. The lowest BCUT2D eigenvalue weighted by Crippen LogP contribution is -2.45. The quantitative estimate of drug-likeness (QED) is 0.798. The highest BCUT2D eigenvalue weighted by molar-refractivity contribution is 8.03. The van der Waals surface area contributed by atoms with Crippen LogP contribution in [0.25, 0.3) is 0 Å². The molecule has 0 unspecified atom stereocenters. The van der Waals surface area contributed by atoms with Gasteiger partial charge in [-0.1, -0.05) is 34.9 Å². The van der Waals surface area contributed by atoms with E-state index in [0.29, 0.717) is 11.8 Å². The smallest absolute Gasteiger partial charge is 0.230 e. The lowest BCUT2D eigenvalue weighted by Gasteiger charge is -2.32. The van der Waals surface area contributed by atoms with Crippen molar-refractivity contribution in [3.05, 3.63) is 0 Å². The fourth-order valence-electron chi connectivity index (χ4n) is 2.58. The van der Waals surface area contributed by atoms with E-state index in [9.17, 15) is 4.79 Å². The molecule has 0 bridgehead atoms. The summed E-state index contributed by atoms with van der Waals surface area (Å²) in [6.07, 6.45) is 6.89. The van der Waals surface area contributed by atoms with Gasteiger partial charge in [0.15, 0.2) is 8.68 Å². The molecule has 1 aromatic heterocycles. The van der Waals surface area contributed by atoms with Gasteiger partial charge in [-0.3, -0.25) is 4.79 Å². The minimum atomic E-state index is 0.116. The third-order valence-corrected chi connectivity index (χ3v) is 6.88. The number of carbonyl (C=O) groups is 1. The van der Waals surface area contributed by atoms with Crippen LogP contribution in [0.1, 0.15) is 25.7 Å². The average Bonchev–Trinajstić information content (AvgIpc) is 3.25. The molecular formula is C13H20N4OS3. The van der Waals surface area contributed by atoms with E-state index in [-0.39, 0.29) is 5.91 Å². The predicted molar refractivity (Wildman–Crippen MR) is 88.2 cm³/mol. The fourth-order valence-corrected chi connectivity index (χ4v) is 4.83. The summed E-state index contributed by atoms with van der Waals surface area (Å²) in [5.74, 6) is 0.553. The summed E-state index contributed by atoms with van der Waals surface area (Å²) in [6.45, 7) is 2.27. The van der Waals surface area contributed by atoms with Crippen LogP contribution in [0.5, 0.6) is 0 Å². The van der Waals surface area contributed by atoms with Gasteiger partial charge in [0.25, 0.3) is 0 Å². The van der Waals surface area contributed by atoms with Crippen molar-refractivity contribution >= 4 is 40.8 Å². The lowest BCUT2D eigenvalue weighted by atomic mass is 10.1. The van der Waals surface area contributed by atoms with Crippen LogP contribution in [0.4, 0.5) is 0 Å². The number of hydrogen-bond acceptors (Lipinski definition) is 7. The van der Waals surface area contributed by atoms with E-state index in [1.54, 1.807) is 23.1 Å². The minimum absolute atomic E-state index is 0.116. The second-order valence-corrected chi connectivity index (χ2v) is 8.69. The van der Waals surface area contributed by atoms with Gasteiger partial charge in [-0.15, -0.1) is 10.2 Å². The molecule has 2 heterocycles. The van der Waals surface area contributed by atoms with Crippen LogP contribution in [0.3, 0.4) is 0 Å². The molecule has 1 saturated carbocycles. The van der Waals surface area contributed by atoms with Crippen LogP contribution in [0.2, 0.25) is 0 Å². The van der Waals surface area contributed by atoms with E-state index in [0.717, 1.165) is 40.7 Å². The van der Waals surface area contributed by atoms with Crippen molar-refractivity contribution in [3.8, 4) is 0 Å². The van der Waals surface area contributed by atoms with Gasteiger partial charge in [-0.05, 0) is 31.9 Å². The molecule has 2 aliphatic rings. The minimum Gasteiger partial charge on any atom is -0.353 e. The molecule has 8 heteroatoms. The Morgan fingerprint density at radius 2 is 2.00 bits per heavy atom. The topological polar surface area (TPSA) is 58.1 Å². The third-order valence-electron chi connectivity index (χ3n) is 3.85. The number of nitrogens with zero attached hydrogens (tertiary/aromatic N) is 3. The van der Waals surface area contributed by atoms with E-state index in [1.807, 2.05) is 6.26 Å². The van der Waals surface area contributed by atoms with Crippen LogP contribution < -0.4 is 5.32 Å². The zero-order chi connectivity index (χ0) is 14.7. The summed E-state index contributed by atoms with van der Waals surface area (Å²) < 4.78 is 1.82. The molecule has 0 spiro atoms. The molecule has 1 amide bonds. The number of nitrogens with one attached hydrogen (secondary N) is 1. The highest BCUT2D eigenvalue weighted by Gasteiger charge is 2.32. The molecule has 116 valence electrons. The first-order valence-electron chi connectivity index (χ1n) is 7.28. The highest BCUT2D eigenvalue weighted by atomic mass is 32.2. The van der Waals surface area contributed by atoms with Crippen LogP contribution in [-0.2, 0) is 4.79 Å². The van der Waals surface area contributed by atoms with Crippen molar-refractivity contribution in [3.63, 3.8) is 0 Å². The number of carbonyl (C=O) groups excluding carboxylic acids is 1. The van der Waals surface area contributed by atoms with Crippen LogP contribution in [0, 0.1) is 0 Å². The average molecular weight is 345 g/mol. The second kappa shape index (κ2) is 7.30. The number of rotatable bonds is 6. The maximum atomic E-state index is 12.0. The molecule has 1 aliphatic carbocycles. The maximum absolute atomic E-state index is 12.0. The van der Waals surface area contributed by atoms with Gasteiger partial charge in [0.2, 0.25) is 5.91 Å². The van der Waals surface area contributed by atoms with E-state index in [1.165, 1.54) is 24.6 Å². The van der Waals surface area contributed by atoms with Crippen molar-refractivity contribution < 1.29 is 4.79 Å². The van der Waals surface area contributed by atoms with E-state index in [4.69, 9.17) is 0 Å². The van der Waals surface area contributed by atoms with Crippen LogP contribution in [0.15, 0.2) is 8.68 Å². The number of aromatic nitrogens is 2. The van der Waals surface area contributed by atoms with Gasteiger partial charge in [0, 0.05) is 25.2 Å². The molecule has 0 radical (unpaired) electrons. The van der Waals surface area contributed by atoms with Crippen molar-refractivity contribution in [2.75, 3.05) is 25.1 Å². The predicted octanol–water partition coefficient (Wildman–Crippen LogP) is 2.10. The van der Waals surface area contributed by atoms with Gasteiger partial charge in [0.05, 0.1) is 5.75 Å². The molecule has 0 atom stereocenters. The highest BCUT2D eigenvalue weighted by Crippen LogP contribution is 2.29. The Kier molecular flexibility index (Phi) is 5.42. The van der Waals surface area contributed by atoms with Crippen LogP contribution >= 0.6 is 34.9 Å². The first-order valence-corrected chi connectivity index (χ1v) is 10.3. The summed E-state index contributed by atoms with van der Waals surface area (Å²) in [5, 5.41) is 11.3. The Morgan fingerprint density at radius 3 is 2.62 bits per heavy atom. The number of piperidine rings is 1. The third kappa shape index (κ3) is 4.58. The standard InChI is InChI=1S/C13H20N4OS3/c1-19-12-15-16-13(21-12)20-8-11(18)14-9-4-6-17(7-5-9)10-2-3-10/h9-10H,2-8H2,1H3,(H,14,18). The Hall–Kier alpha value is -0.310. The first kappa shape index (κ1) is 15.6. The van der Waals surface area contributed by atoms with Crippen molar-refractivity contribution in [2.45, 2.75) is 46.4 Å². The number of amides is 1. The SMILES string of the molecule is CSc1nnc(SCC(=O)NC2CCN(C3CC3)CC2)s1. The summed E-state index contributed by atoms with van der Waals surface area (Å²) in [5.41, 5.74) is 0. The summed E-state index contributed by atoms with van der Waals surface area (Å²) in [7, 11) is 0. The first-order chi connectivity index (χ1) is 10.2. The molecule has 1 N–H and O–H groups in total. The Morgan fingerprint density at radius 1 is 1.29 bits per heavy atom. The molecular weight excluding hydrogens is 324 g/mol. The van der Waals surface area contributed by atoms with Crippen molar-refractivity contribution in [2.24, 2.45) is 0 Å². The largest absolute Gasteiger partial charge is 0.353 e. The van der Waals surface area contributed by atoms with Gasteiger partial charge in [0.1, 0.15) is 0 Å². The molecule has 21 heavy (non-hydrogen) atoms. The fraction of sp³-hybridized carbons (Fsp3) is 0.769. The zero-order valence-corrected chi connectivity index (χ0v) is 14.5. The summed E-state index contributed by atoms with van der Waals surface area (Å²) in [4.78, 5) is 14.6. The van der Waals surface area contributed by atoms with Gasteiger partial charge in [-0.25, -0.2) is 0 Å². The molecule has 5 nitrogen and oxygen atoms in total. The molecule has 1 saturated heterocycles. The van der Waals surface area contributed by atoms with E-state index < -0.39 is 0 Å². The molecule has 1 aromatic rings. The number of likely N-dealkylation sites (tertiary alicyclic amines) is 1. The molecule has 0 aromatic carbocycles. The maximum Gasteiger partial charge on any atom is 0.230 e. The van der Waals surface area contributed by atoms with Gasteiger partial charge in [-0.2, -0.15) is 0 Å². The molecule has 1 aliphatic heterocycles. The molecule has 3 rings (SSSR count). The zero-order valence-electron chi connectivity index (χ0n) is 12.1. The van der Waals surface area contributed by atoms with Gasteiger partial charge >= 0.3 is 0 Å². The van der Waals surface area contributed by atoms with E-state index >= 15 is 0 Å². The Bertz CT molecular complexity index is 484. The summed E-state index contributed by atoms with van der Waals surface area (Å²) in [6, 6.07) is 1.20. The monoisotopic (exact) mass is 344 g/mol. The van der Waals surface area contributed by atoms with E-state index in [2.05, 4.69) is 20.4 Å². The number of hydrogen-bond donors (Lipinski definition) is 1. The van der Waals surface area contributed by atoms with Crippen LogP contribution in [-0.4, -0.2) is 58.2 Å². The summed E-state index contributed by atoms with van der Waals surface area (Å²) >= 11 is 4.61. The lowest BCUT2D eigenvalue weighted by molar-refractivity contribution is -0.119. The Labute approximate surface area is 137 Å². The Balaban J connectivity index is 1.36. The number of thioether (sulfide) groups is 2. The second-order valence-electron chi connectivity index (χ2n) is 5.44. The molecule has 2 fully saturated rings. The van der Waals surface area contributed by atoms with Crippen molar-refractivity contribution in [1.29, 1.82) is 0 Å². The van der Waals surface area contributed by atoms with Crippen molar-refractivity contribution in [1.82, 2.24) is 20.4 Å². The van der Waals surface area contributed by atoms with Gasteiger partial charge < -0.3 is 10.2 Å².